The van der Waals surface area contributed by atoms with Crippen molar-refractivity contribution in [3.05, 3.63) is 106 Å². The van der Waals surface area contributed by atoms with Gasteiger partial charge in [0.05, 0.1) is 18.9 Å². The summed E-state index contributed by atoms with van der Waals surface area (Å²) in [5, 5.41) is 4.17. The first-order valence-corrected chi connectivity index (χ1v) is 11.3. The highest BCUT2D eigenvalue weighted by molar-refractivity contribution is 5.95. The smallest absolute Gasteiger partial charge is 0.337 e. The molecule has 35 heavy (non-hydrogen) atoms. The van der Waals surface area contributed by atoms with Crippen LogP contribution in [0.3, 0.4) is 0 Å². The second-order valence-corrected chi connectivity index (χ2v) is 8.40. The Labute approximate surface area is 204 Å². The Hall–Kier alpha value is -4.39. The number of amides is 1. The summed E-state index contributed by atoms with van der Waals surface area (Å²) < 4.78 is 8.96. The first-order valence-electron chi connectivity index (χ1n) is 11.3. The predicted octanol–water partition coefficient (Wildman–Crippen LogP) is 5.05. The van der Waals surface area contributed by atoms with Crippen LogP contribution in [0.15, 0.2) is 71.8 Å². The fourth-order valence-electron chi connectivity index (χ4n) is 4.24. The van der Waals surface area contributed by atoms with Crippen LogP contribution in [0.5, 0.6) is 0 Å². The molecule has 2 aromatic carbocycles. The zero-order chi connectivity index (χ0) is 25.1. The van der Waals surface area contributed by atoms with Gasteiger partial charge in [-0.05, 0) is 94.4 Å². The van der Waals surface area contributed by atoms with Gasteiger partial charge in [0, 0.05) is 45.3 Å². The molecule has 0 saturated heterocycles. The van der Waals surface area contributed by atoms with E-state index in [-0.39, 0.29) is 11.9 Å². The number of benzene rings is 2. The van der Waals surface area contributed by atoms with Crippen LogP contribution < -0.4 is 5.43 Å². The SMILES string of the molecule is COC(=O)c1ccc(-n2c(C)cc(/C=N\NC(=O)c3ccc(-n4c(C)ccc4C)cc3)c2C)cc1. The van der Waals surface area contributed by atoms with Gasteiger partial charge in [0.25, 0.3) is 5.91 Å². The fourth-order valence-corrected chi connectivity index (χ4v) is 4.24. The van der Waals surface area contributed by atoms with E-state index in [1.807, 2.05) is 44.2 Å². The second-order valence-electron chi connectivity index (χ2n) is 8.40. The number of carbonyl (C=O) groups is 2. The van der Waals surface area contributed by atoms with Gasteiger partial charge in [0.1, 0.15) is 0 Å². The summed E-state index contributed by atoms with van der Waals surface area (Å²) in [5.74, 6) is -0.647. The Kier molecular flexibility index (Phi) is 6.68. The zero-order valence-corrected chi connectivity index (χ0v) is 20.5. The van der Waals surface area contributed by atoms with Crippen molar-refractivity contribution in [2.75, 3.05) is 7.11 Å². The molecule has 0 aliphatic carbocycles. The highest BCUT2D eigenvalue weighted by atomic mass is 16.5. The van der Waals surface area contributed by atoms with Crippen molar-refractivity contribution in [2.24, 2.45) is 5.10 Å². The minimum absolute atomic E-state index is 0.277. The molecule has 0 bridgehead atoms. The predicted molar refractivity (Wildman–Crippen MR) is 137 cm³/mol. The number of aromatic nitrogens is 2. The van der Waals surface area contributed by atoms with Crippen molar-refractivity contribution in [3.8, 4) is 11.4 Å². The number of rotatable bonds is 6. The summed E-state index contributed by atoms with van der Waals surface area (Å²) in [4.78, 5) is 24.3. The van der Waals surface area contributed by atoms with Crippen molar-refractivity contribution in [2.45, 2.75) is 27.7 Å². The number of esters is 1. The lowest BCUT2D eigenvalue weighted by Crippen LogP contribution is -2.17. The van der Waals surface area contributed by atoms with Gasteiger partial charge in [-0.3, -0.25) is 4.79 Å². The number of ether oxygens (including phenoxy) is 1. The lowest BCUT2D eigenvalue weighted by Gasteiger charge is -2.10. The molecule has 0 aliphatic heterocycles. The standard InChI is InChI=1S/C28H28N4O3/c1-18-6-7-19(2)31(18)25-12-8-22(9-13-25)27(33)30-29-17-24-16-20(3)32(21(24)4)26-14-10-23(11-15-26)28(34)35-5/h6-17H,1-5H3,(H,30,33)/b29-17-. The Morgan fingerprint density at radius 3 is 1.89 bits per heavy atom. The number of nitrogens with zero attached hydrogens (tertiary/aromatic N) is 3. The molecule has 7 nitrogen and oxygen atoms in total. The van der Waals surface area contributed by atoms with Crippen molar-refractivity contribution >= 4 is 18.1 Å². The van der Waals surface area contributed by atoms with E-state index in [9.17, 15) is 9.59 Å². The maximum absolute atomic E-state index is 12.6. The van der Waals surface area contributed by atoms with Gasteiger partial charge in [-0.1, -0.05) is 0 Å². The van der Waals surface area contributed by atoms with Crippen LogP contribution in [0.2, 0.25) is 0 Å². The van der Waals surface area contributed by atoms with E-state index in [1.165, 1.54) is 7.11 Å². The quantitative estimate of drug-likeness (QED) is 0.244. The van der Waals surface area contributed by atoms with Crippen LogP contribution in [0.25, 0.3) is 11.4 Å². The summed E-state index contributed by atoms with van der Waals surface area (Å²) >= 11 is 0. The molecule has 2 aromatic heterocycles. The monoisotopic (exact) mass is 468 g/mol. The van der Waals surface area contributed by atoms with E-state index >= 15 is 0 Å². The molecule has 0 aliphatic rings. The third-order valence-electron chi connectivity index (χ3n) is 6.05. The third kappa shape index (κ3) is 4.80. The van der Waals surface area contributed by atoms with Gasteiger partial charge in [0.2, 0.25) is 0 Å². The van der Waals surface area contributed by atoms with Crippen LogP contribution >= 0.6 is 0 Å². The molecule has 178 valence electrons. The molecule has 0 unspecified atom stereocenters. The minimum atomic E-state index is -0.370. The molecule has 0 atom stereocenters. The molecule has 1 N–H and O–H groups in total. The molecular weight excluding hydrogens is 440 g/mol. The number of nitrogens with one attached hydrogen (secondary N) is 1. The van der Waals surface area contributed by atoms with Crippen LogP contribution in [-0.2, 0) is 4.74 Å². The number of hydrogen-bond donors (Lipinski definition) is 1. The first kappa shape index (κ1) is 23.8. The van der Waals surface area contributed by atoms with Crippen molar-refractivity contribution in [1.82, 2.24) is 14.6 Å². The molecule has 0 saturated carbocycles. The maximum Gasteiger partial charge on any atom is 0.337 e. The number of carbonyl (C=O) groups excluding carboxylic acids is 2. The van der Waals surface area contributed by atoms with Gasteiger partial charge in [-0.15, -0.1) is 0 Å². The molecule has 2 heterocycles. The molecule has 4 aromatic rings. The second kappa shape index (κ2) is 9.85. The van der Waals surface area contributed by atoms with Gasteiger partial charge in [-0.25, -0.2) is 10.2 Å². The average Bonchev–Trinajstić information content (AvgIpc) is 3.35. The molecule has 0 spiro atoms. The summed E-state index contributed by atoms with van der Waals surface area (Å²) in [5.41, 5.74) is 10.7. The maximum atomic E-state index is 12.6. The highest BCUT2D eigenvalue weighted by Gasteiger charge is 2.12. The number of hydrazone groups is 1. The lowest BCUT2D eigenvalue weighted by molar-refractivity contribution is 0.0600. The molecule has 1 amide bonds. The Bertz CT molecular complexity index is 1390. The van der Waals surface area contributed by atoms with Crippen LogP contribution in [0.1, 0.15) is 49.1 Å². The van der Waals surface area contributed by atoms with Crippen molar-refractivity contribution < 1.29 is 14.3 Å². The minimum Gasteiger partial charge on any atom is -0.465 e. The normalized spacial score (nSPS) is 11.1. The van der Waals surface area contributed by atoms with E-state index in [0.717, 1.165) is 39.7 Å². The largest absolute Gasteiger partial charge is 0.465 e. The van der Waals surface area contributed by atoms with E-state index in [4.69, 9.17) is 4.74 Å². The van der Waals surface area contributed by atoms with Crippen molar-refractivity contribution in [3.63, 3.8) is 0 Å². The van der Waals surface area contributed by atoms with Crippen molar-refractivity contribution in [1.29, 1.82) is 0 Å². The average molecular weight is 469 g/mol. The molecule has 4 rings (SSSR count). The Balaban J connectivity index is 1.46. The van der Waals surface area contributed by atoms with E-state index in [2.05, 4.69) is 45.6 Å². The third-order valence-corrected chi connectivity index (χ3v) is 6.05. The zero-order valence-electron chi connectivity index (χ0n) is 20.5. The highest BCUT2D eigenvalue weighted by Crippen LogP contribution is 2.21. The van der Waals surface area contributed by atoms with Crippen LogP contribution in [0.4, 0.5) is 0 Å². The fraction of sp³-hybridized carbons (Fsp3) is 0.179. The van der Waals surface area contributed by atoms with Gasteiger partial charge in [0.15, 0.2) is 0 Å². The number of hydrogen-bond acceptors (Lipinski definition) is 4. The van der Waals surface area contributed by atoms with E-state index in [1.54, 1.807) is 30.5 Å². The van der Waals surface area contributed by atoms with E-state index in [0.29, 0.717) is 11.1 Å². The summed E-state index contributed by atoms with van der Waals surface area (Å²) in [6, 6.07) is 20.8. The summed E-state index contributed by atoms with van der Waals surface area (Å²) in [6.45, 7) is 8.08. The number of methoxy groups -OCH3 is 1. The molecule has 0 radical (unpaired) electrons. The first-order chi connectivity index (χ1) is 16.8. The summed E-state index contributed by atoms with van der Waals surface area (Å²) in [6.07, 6.45) is 1.64. The van der Waals surface area contributed by atoms with Gasteiger partial charge >= 0.3 is 5.97 Å². The molecule has 7 heteroatoms. The van der Waals surface area contributed by atoms with Gasteiger partial charge < -0.3 is 13.9 Å². The van der Waals surface area contributed by atoms with Crippen LogP contribution in [0, 0.1) is 27.7 Å². The number of aryl methyl sites for hydroxylation is 3. The van der Waals surface area contributed by atoms with Gasteiger partial charge in [-0.2, -0.15) is 5.10 Å². The molecule has 0 fully saturated rings. The topological polar surface area (TPSA) is 77.6 Å². The van der Waals surface area contributed by atoms with Crippen LogP contribution in [-0.4, -0.2) is 34.3 Å². The Morgan fingerprint density at radius 1 is 0.771 bits per heavy atom. The summed E-state index contributed by atoms with van der Waals surface area (Å²) in [7, 11) is 1.36. The molecular formula is C28H28N4O3. The lowest BCUT2D eigenvalue weighted by atomic mass is 10.2. The van der Waals surface area contributed by atoms with E-state index < -0.39 is 0 Å². The Morgan fingerprint density at radius 2 is 1.31 bits per heavy atom.